The highest BCUT2D eigenvalue weighted by Crippen LogP contribution is 2.44. The van der Waals surface area contributed by atoms with Crippen LogP contribution in [-0.2, 0) is 0 Å². The van der Waals surface area contributed by atoms with Gasteiger partial charge in [-0.3, -0.25) is 0 Å². The molecular weight excluding hydrogens is 254 g/mol. The van der Waals surface area contributed by atoms with Gasteiger partial charge in [-0.2, -0.15) is 0 Å². The lowest BCUT2D eigenvalue weighted by Crippen LogP contribution is -2.36. The fourth-order valence-corrected chi connectivity index (χ4v) is 5.09. The number of hydrogen-bond acceptors (Lipinski definition) is 1. The monoisotopic (exact) mass is 293 g/mol. The van der Waals surface area contributed by atoms with Crippen molar-refractivity contribution >= 4 is 0 Å². The highest BCUT2D eigenvalue weighted by molar-refractivity contribution is 4.86. The molecule has 2 saturated carbocycles. The van der Waals surface area contributed by atoms with Gasteiger partial charge in [-0.1, -0.05) is 65.7 Å². The molecule has 0 saturated heterocycles. The van der Waals surface area contributed by atoms with Gasteiger partial charge in [0.05, 0.1) is 0 Å². The minimum atomic E-state index is 0.785. The zero-order valence-electron chi connectivity index (χ0n) is 14.9. The van der Waals surface area contributed by atoms with Gasteiger partial charge in [0, 0.05) is 0 Å². The van der Waals surface area contributed by atoms with Crippen LogP contribution in [0.1, 0.15) is 85.0 Å². The summed E-state index contributed by atoms with van der Waals surface area (Å²) in [7, 11) is 0. The summed E-state index contributed by atoms with van der Waals surface area (Å²) >= 11 is 0. The molecule has 0 aromatic carbocycles. The molecule has 0 spiro atoms. The second-order valence-electron chi connectivity index (χ2n) is 8.23. The summed E-state index contributed by atoms with van der Waals surface area (Å²) in [5, 5.41) is 3.78. The topological polar surface area (TPSA) is 12.0 Å². The van der Waals surface area contributed by atoms with Crippen LogP contribution in [0.3, 0.4) is 0 Å². The highest BCUT2D eigenvalue weighted by atomic mass is 14.9. The molecular formula is C20H39N. The molecule has 0 aliphatic heterocycles. The summed E-state index contributed by atoms with van der Waals surface area (Å²) in [5.41, 5.74) is 0. The average Bonchev–Trinajstić information content (AvgIpc) is 2.72. The first-order chi connectivity index (χ1) is 10.2. The molecule has 2 rings (SSSR count). The quantitative estimate of drug-likeness (QED) is 0.624. The smallest absolute Gasteiger partial charge is 0.00177 e. The molecule has 1 N–H and O–H groups in total. The van der Waals surface area contributed by atoms with E-state index in [1.165, 1.54) is 77.3 Å². The first-order valence-corrected chi connectivity index (χ1v) is 9.93. The molecule has 0 bridgehead atoms. The largest absolute Gasteiger partial charge is 0.316 e. The maximum absolute atomic E-state index is 3.78. The molecule has 4 atom stereocenters. The summed E-state index contributed by atoms with van der Waals surface area (Å²) < 4.78 is 0. The molecule has 0 radical (unpaired) electrons. The van der Waals surface area contributed by atoms with Crippen molar-refractivity contribution in [3.63, 3.8) is 0 Å². The molecule has 1 heteroatoms. The van der Waals surface area contributed by atoms with Crippen molar-refractivity contribution in [3.8, 4) is 0 Å². The van der Waals surface area contributed by atoms with Crippen molar-refractivity contribution in [1.29, 1.82) is 0 Å². The van der Waals surface area contributed by atoms with Gasteiger partial charge in [-0.25, -0.2) is 0 Å². The minimum absolute atomic E-state index is 0.785. The van der Waals surface area contributed by atoms with E-state index in [9.17, 15) is 0 Å². The van der Waals surface area contributed by atoms with Gasteiger partial charge in [0.25, 0.3) is 0 Å². The maximum atomic E-state index is 3.78. The van der Waals surface area contributed by atoms with Crippen LogP contribution in [-0.4, -0.2) is 13.1 Å². The van der Waals surface area contributed by atoms with Crippen molar-refractivity contribution in [2.24, 2.45) is 29.6 Å². The van der Waals surface area contributed by atoms with Gasteiger partial charge in [0.2, 0.25) is 0 Å². The summed E-state index contributed by atoms with van der Waals surface area (Å²) in [6, 6.07) is 0. The van der Waals surface area contributed by atoms with Gasteiger partial charge < -0.3 is 5.32 Å². The summed E-state index contributed by atoms with van der Waals surface area (Å²) in [5.74, 6) is 4.86. The Morgan fingerprint density at radius 3 is 2.10 bits per heavy atom. The van der Waals surface area contributed by atoms with E-state index < -0.39 is 0 Å². The van der Waals surface area contributed by atoms with Gasteiger partial charge in [-0.05, 0) is 61.9 Å². The van der Waals surface area contributed by atoms with Crippen molar-refractivity contribution in [1.82, 2.24) is 5.32 Å². The van der Waals surface area contributed by atoms with E-state index in [4.69, 9.17) is 0 Å². The van der Waals surface area contributed by atoms with E-state index in [0.717, 1.165) is 29.6 Å². The van der Waals surface area contributed by atoms with E-state index in [2.05, 4.69) is 26.1 Å². The maximum Gasteiger partial charge on any atom is -0.00177 e. The van der Waals surface area contributed by atoms with Gasteiger partial charge >= 0.3 is 0 Å². The lowest BCUT2D eigenvalue weighted by Gasteiger charge is -2.40. The molecule has 124 valence electrons. The minimum Gasteiger partial charge on any atom is -0.316 e. The Kier molecular flexibility index (Phi) is 7.57. The third-order valence-corrected chi connectivity index (χ3v) is 6.22. The fourth-order valence-electron chi connectivity index (χ4n) is 5.09. The predicted octanol–water partition coefficient (Wildman–Crippen LogP) is 5.64. The number of rotatable bonds is 6. The molecule has 0 aromatic heterocycles. The first-order valence-electron chi connectivity index (χ1n) is 9.93. The van der Waals surface area contributed by atoms with Crippen molar-refractivity contribution < 1.29 is 0 Å². The third kappa shape index (κ3) is 5.27. The Balaban J connectivity index is 1.96. The van der Waals surface area contributed by atoms with E-state index in [1.54, 1.807) is 0 Å². The predicted molar refractivity (Wildman–Crippen MR) is 93.5 cm³/mol. The van der Waals surface area contributed by atoms with Crippen LogP contribution in [0.5, 0.6) is 0 Å². The van der Waals surface area contributed by atoms with Gasteiger partial charge in [0.1, 0.15) is 0 Å². The molecule has 1 nitrogen and oxygen atoms in total. The standard InChI is InChI=1S/C20H39N/c1-4-17-10-8-9-13-19(17)20-12-7-5-6-11-18(20)15-21-14-16(2)3/h16-21H,4-15H2,1-3H3. The zero-order chi connectivity index (χ0) is 15.1. The molecule has 2 fully saturated rings. The van der Waals surface area contributed by atoms with E-state index >= 15 is 0 Å². The first kappa shape index (κ1) is 17.3. The zero-order valence-corrected chi connectivity index (χ0v) is 14.9. The van der Waals surface area contributed by atoms with Crippen LogP contribution in [0.4, 0.5) is 0 Å². The SMILES string of the molecule is CCC1CCCCC1C1CCCCCC1CNCC(C)C. The molecule has 2 aliphatic rings. The fraction of sp³-hybridized carbons (Fsp3) is 1.00. The molecule has 0 amide bonds. The summed E-state index contributed by atoms with van der Waals surface area (Å²) in [4.78, 5) is 0. The van der Waals surface area contributed by atoms with Crippen molar-refractivity contribution in [2.75, 3.05) is 13.1 Å². The van der Waals surface area contributed by atoms with E-state index in [-0.39, 0.29) is 0 Å². The van der Waals surface area contributed by atoms with E-state index in [0.29, 0.717) is 0 Å². The van der Waals surface area contributed by atoms with Crippen LogP contribution in [0, 0.1) is 29.6 Å². The molecule has 21 heavy (non-hydrogen) atoms. The van der Waals surface area contributed by atoms with Crippen LogP contribution in [0.15, 0.2) is 0 Å². The Morgan fingerprint density at radius 2 is 1.38 bits per heavy atom. The Labute approximate surface area is 133 Å². The van der Waals surface area contributed by atoms with Crippen LogP contribution in [0.25, 0.3) is 0 Å². The number of nitrogens with one attached hydrogen (secondary N) is 1. The van der Waals surface area contributed by atoms with Crippen LogP contribution >= 0.6 is 0 Å². The lowest BCUT2D eigenvalue weighted by atomic mass is 9.66. The Morgan fingerprint density at radius 1 is 0.810 bits per heavy atom. The summed E-state index contributed by atoms with van der Waals surface area (Å²) in [6.07, 6.45) is 15.0. The van der Waals surface area contributed by atoms with E-state index in [1.807, 2.05) is 0 Å². The molecule has 0 heterocycles. The second kappa shape index (κ2) is 9.18. The van der Waals surface area contributed by atoms with Gasteiger partial charge in [0.15, 0.2) is 0 Å². The lowest BCUT2D eigenvalue weighted by molar-refractivity contribution is 0.103. The van der Waals surface area contributed by atoms with Crippen LogP contribution in [0.2, 0.25) is 0 Å². The average molecular weight is 294 g/mol. The highest BCUT2D eigenvalue weighted by Gasteiger charge is 2.35. The van der Waals surface area contributed by atoms with Gasteiger partial charge in [-0.15, -0.1) is 0 Å². The molecule has 0 aromatic rings. The Hall–Kier alpha value is -0.0400. The van der Waals surface area contributed by atoms with Crippen molar-refractivity contribution in [3.05, 3.63) is 0 Å². The molecule has 4 unspecified atom stereocenters. The number of hydrogen-bond donors (Lipinski definition) is 1. The van der Waals surface area contributed by atoms with Crippen molar-refractivity contribution in [2.45, 2.75) is 85.0 Å². The third-order valence-electron chi connectivity index (χ3n) is 6.22. The molecule has 2 aliphatic carbocycles. The Bertz CT molecular complexity index is 273. The van der Waals surface area contributed by atoms with Crippen LogP contribution < -0.4 is 5.32 Å². The second-order valence-corrected chi connectivity index (χ2v) is 8.23. The summed E-state index contributed by atoms with van der Waals surface area (Å²) in [6.45, 7) is 9.57. The normalized spacial score (nSPS) is 34.9.